The van der Waals surface area contributed by atoms with Gasteiger partial charge < -0.3 is 35.0 Å². The Morgan fingerprint density at radius 1 is 1.07 bits per heavy atom. The van der Waals surface area contributed by atoms with Gasteiger partial charge in [-0.05, 0) is 52.0 Å². The molecule has 0 spiro atoms. The summed E-state index contributed by atoms with van der Waals surface area (Å²) in [5, 5.41) is 22.0. The predicted octanol–water partition coefficient (Wildman–Crippen LogP) is 5.35. The fourth-order valence-electron chi connectivity index (χ4n) is 4.02. The van der Waals surface area contributed by atoms with E-state index in [4.69, 9.17) is 14.2 Å². The molecule has 40 heavy (non-hydrogen) atoms. The fourth-order valence-corrected chi connectivity index (χ4v) is 4.02. The second-order valence-electron chi connectivity index (χ2n) is 10.0. The molecule has 0 saturated carbocycles. The van der Waals surface area contributed by atoms with E-state index in [1.807, 2.05) is 24.3 Å². The molecule has 4 rings (SSSR count). The van der Waals surface area contributed by atoms with Gasteiger partial charge in [-0.15, -0.1) is 0 Å². The van der Waals surface area contributed by atoms with E-state index in [1.165, 1.54) is 0 Å². The highest BCUT2D eigenvalue weighted by Gasteiger charge is 2.19. The van der Waals surface area contributed by atoms with Crippen LogP contribution in [0.3, 0.4) is 0 Å². The monoisotopic (exact) mass is 549 g/mol. The second kappa shape index (κ2) is 12.5. The number of nitrogens with zero attached hydrogens (tertiary/aromatic N) is 4. The first kappa shape index (κ1) is 28.4. The number of hydrogen-bond acceptors (Lipinski definition) is 11. The highest BCUT2D eigenvalue weighted by molar-refractivity contribution is 6.03. The van der Waals surface area contributed by atoms with E-state index in [1.54, 1.807) is 59.2 Å². The summed E-state index contributed by atoms with van der Waals surface area (Å²) >= 11 is 0. The molecule has 0 unspecified atom stereocenters. The van der Waals surface area contributed by atoms with E-state index in [-0.39, 0.29) is 5.95 Å². The molecule has 3 aromatic rings. The summed E-state index contributed by atoms with van der Waals surface area (Å²) in [7, 11) is 1.61. The van der Waals surface area contributed by atoms with Crippen LogP contribution in [0.1, 0.15) is 33.3 Å². The summed E-state index contributed by atoms with van der Waals surface area (Å²) in [6.07, 6.45) is 0.957. The zero-order valence-electron chi connectivity index (χ0n) is 23.3. The minimum Gasteiger partial charge on any atom is -0.494 e. The number of ether oxygens (including phenoxy) is 3. The number of oxime groups is 1. The molecule has 4 N–H and O–H groups in total. The minimum absolute atomic E-state index is 0.284. The maximum Gasteiger partial charge on any atom is 0.412 e. The van der Waals surface area contributed by atoms with Crippen LogP contribution in [0.25, 0.3) is 0 Å². The van der Waals surface area contributed by atoms with E-state index in [9.17, 15) is 10.0 Å². The number of amides is 1. The molecule has 212 valence electrons. The first-order valence-corrected chi connectivity index (χ1v) is 12.9. The molecule has 1 aromatic heterocycles. The Morgan fingerprint density at radius 3 is 2.48 bits per heavy atom. The number of aromatic nitrogens is 2. The van der Waals surface area contributed by atoms with Crippen LogP contribution >= 0.6 is 0 Å². The number of rotatable bonds is 8. The van der Waals surface area contributed by atoms with Crippen LogP contribution in [0.5, 0.6) is 5.75 Å². The van der Waals surface area contributed by atoms with Crippen molar-refractivity contribution in [1.82, 2.24) is 9.97 Å². The summed E-state index contributed by atoms with van der Waals surface area (Å²) < 4.78 is 16.5. The summed E-state index contributed by atoms with van der Waals surface area (Å²) in [4.78, 5) is 23.7. The highest BCUT2D eigenvalue weighted by Crippen LogP contribution is 2.33. The van der Waals surface area contributed by atoms with E-state index in [0.717, 1.165) is 18.8 Å². The van der Waals surface area contributed by atoms with Crippen LogP contribution in [0.2, 0.25) is 0 Å². The number of carbonyl (C=O) groups excluding carboxylic acids is 1. The molecule has 1 fully saturated rings. The van der Waals surface area contributed by atoms with Crippen molar-refractivity contribution >= 4 is 46.3 Å². The molecule has 1 aliphatic heterocycles. The third-order valence-corrected chi connectivity index (χ3v) is 5.95. The van der Waals surface area contributed by atoms with Crippen molar-refractivity contribution in [3.63, 3.8) is 0 Å². The van der Waals surface area contributed by atoms with Gasteiger partial charge in [-0.25, -0.2) is 9.78 Å². The number of carbonyl (C=O) groups is 1. The third-order valence-electron chi connectivity index (χ3n) is 5.95. The lowest BCUT2D eigenvalue weighted by Gasteiger charge is -2.29. The van der Waals surface area contributed by atoms with E-state index < -0.39 is 11.7 Å². The average Bonchev–Trinajstić information content (AvgIpc) is 2.93. The number of anilines is 6. The predicted molar refractivity (Wildman–Crippen MR) is 155 cm³/mol. The fraction of sp³-hybridized carbons (Fsp3) is 0.357. The number of hydrogen-bond donors (Lipinski definition) is 4. The largest absolute Gasteiger partial charge is 0.494 e. The van der Waals surface area contributed by atoms with Crippen molar-refractivity contribution in [2.75, 3.05) is 54.3 Å². The molecule has 12 nitrogen and oxygen atoms in total. The van der Waals surface area contributed by atoms with E-state index >= 15 is 0 Å². The molecule has 2 aromatic carbocycles. The Labute approximate surface area is 233 Å². The number of para-hydroxylation sites is 2. The van der Waals surface area contributed by atoms with Crippen molar-refractivity contribution in [2.45, 2.75) is 33.3 Å². The first-order chi connectivity index (χ1) is 19.2. The van der Waals surface area contributed by atoms with Crippen LogP contribution in [-0.4, -0.2) is 66.0 Å². The van der Waals surface area contributed by atoms with Crippen LogP contribution in [-0.2, 0) is 9.47 Å². The quantitative estimate of drug-likeness (QED) is 0.165. The minimum atomic E-state index is -0.650. The van der Waals surface area contributed by atoms with Crippen molar-refractivity contribution in [1.29, 1.82) is 0 Å². The number of benzene rings is 2. The van der Waals surface area contributed by atoms with Crippen LogP contribution in [0, 0.1) is 0 Å². The second-order valence-corrected chi connectivity index (χ2v) is 10.0. The Bertz CT molecular complexity index is 1370. The van der Waals surface area contributed by atoms with Crippen LogP contribution < -0.4 is 25.6 Å². The Hall–Kier alpha value is -4.58. The standard InChI is InChI=1S/C28H35N7O5/c1-18(34-37)20-17-29-26(31-23-11-10-19(16-24(23)38-5)35-12-14-39-15-13-35)33-25(20)30-21-8-6-7-9-22(21)32-27(36)40-28(2,3)4/h6-11,16-17,37H,12-15H2,1-5H3,(H,32,36)(H2,29,30,31,33). The number of morpholine rings is 1. The van der Waals surface area contributed by atoms with Gasteiger partial charge in [0, 0.05) is 31.0 Å². The topological polar surface area (TPSA) is 142 Å². The number of methoxy groups -OCH3 is 1. The SMILES string of the molecule is COc1cc(N2CCOCC2)ccc1Nc1ncc(C(C)=NO)c(Nc2ccccc2NC(=O)OC(C)(C)C)n1. The van der Waals surface area contributed by atoms with Gasteiger partial charge >= 0.3 is 6.09 Å². The normalized spacial score (nSPS) is 13.9. The maximum atomic E-state index is 12.4. The zero-order valence-corrected chi connectivity index (χ0v) is 23.3. The van der Waals surface area contributed by atoms with Gasteiger partial charge in [-0.2, -0.15) is 4.98 Å². The molecule has 2 heterocycles. The molecule has 0 radical (unpaired) electrons. The van der Waals surface area contributed by atoms with E-state index in [0.29, 0.717) is 53.1 Å². The summed E-state index contributed by atoms with van der Waals surface area (Å²) in [5.41, 5.74) is 2.87. The lowest BCUT2D eigenvalue weighted by molar-refractivity contribution is 0.0636. The molecule has 0 atom stereocenters. The highest BCUT2D eigenvalue weighted by atomic mass is 16.6. The maximum absolute atomic E-state index is 12.4. The molecule has 12 heteroatoms. The zero-order chi connectivity index (χ0) is 28.7. The molecule has 1 amide bonds. The molecule has 1 aliphatic rings. The van der Waals surface area contributed by atoms with Crippen molar-refractivity contribution in [3.05, 3.63) is 54.2 Å². The van der Waals surface area contributed by atoms with Gasteiger partial charge in [-0.3, -0.25) is 5.32 Å². The Morgan fingerprint density at radius 2 is 1.80 bits per heavy atom. The van der Waals surface area contributed by atoms with Crippen molar-refractivity contribution in [2.24, 2.45) is 5.16 Å². The molecular formula is C28H35N7O5. The van der Waals surface area contributed by atoms with Crippen LogP contribution in [0.15, 0.2) is 53.8 Å². The van der Waals surface area contributed by atoms with Gasteiger partial charge in [0.2, 0.25) is 5.95 Å². The van der Waals surface area contributed by atoms with Gasteiger partial charge in [-0.1, -0.05) is 17.3 Å². The van der Waals surface area contributed by atoms with Crippen molar-refractivity contribution < 1.29 is 24.2 Å². The lowest BCUT2D eigenvalue weighted by Crippen LogP contribution is -2.36. The van der Waals surface area contributed by atoms with Crippen LogP contribution in [0.4, 0.5) is 39.3 Å². The summed E-state index contributed by atoms with van der Waals surface area (Å²) in [5.74, 6) is 1.27. The van der Waals surface area contributed by atoms with Gasteiger partial charge in [0.1, 0.15) is 17.2 Å². The first-order valence-electron chi connectivity index (χ1n) is 12.9. The Balaban J connectivity index is 1.61. The van der Waals surface area contributed by atoms with Gasteiger partial charge in [0.05, 0.1) is 48.7 Å². The molecular weight excluding hydrogens is 514 g/mol. The smallest absolute Gasteiger partial charge is 0.412 e. The third kappa shape index (κ3) is 7.29. The molecule has 0 bridgehead atoms. The average molecular weight is 550 g/mol. The summed E-state index contributed by atoms with van der Waals surface area (Å²) in [6.45, 7) is 10.0. The van der Waals surface area contributed by atoms with Crippen molar-refractivity contribution in [3.8, 4) is 5.75 Å². The van der Waals surface area contributed by atoms with E-state index in [2.05, 4.69) is 36.0 Å². The van der Waals surface area contributed by atoms with Gasteiger partial charge in [0.15, 0.2) is 0 Å². The lowest BCUT2D eigenvalue weighted by atomic mass is 10.2. The Kier molecular flexibility index (Phi) is 8.90. The molecule has 1 saturated heterocycles. The number of nitrogens with one attached hydrogen (secondary N) is 3. The molecule has 0 aliphatic carbocycles. The van der Waals surface area contributed by atoms with Gasteiger partial charge in [0.25, 0.3) is 0 Å². The summed E-state index contributed by atoms with van der Waals surface area (Å²) in [6, 6.07) is 13.0.